The van der Waals surface area contributed by atoms with Crippen LogP contribution < -0.4 is 0 Å². The fraction of sp³-hybridized carbons (Fsp3) is 0.200. The lowest BCUT2D eigenvalue weighted by atomic mass is 10.5. The highest BCUT2D eigenvalue weighted by Crippen LogP contribution is 2.11. The summed E-state index contributed by atoms with van der Waals surface area (Å²) in [4.78, 5) is 0. The van der Waals surface area contributed by atoms with Crippen LogP contribution in [0.2, 0.25) is 0 Å². The highest BCUT2D eigenvalue weighted by atomic mass is 35.5. The van der Waals surface area contributed by atoms with Crippen LogP contribution in [0, 0.1) is 0 Å². The van der Waals surface area contributed by atoms with Gasteiger partial charge in [-0.05, 0) is 6.92 Å². The van der Waals surface area contributed by atoms with Gasteiger partial charge in [0.25, 0.3) is 0 Å². The molecule has 2 heteroatoms. The molecule has 0 fully saturated rings. The quantitative estimate of drug-likeness (QED) is 0.467. The van der Waals surface area contributed by atoms with Crippen LogP contribution in [0.5, 0.6) is 0 Å². The lowest BCUT2D eigenvalue weighted by Gasteiger charge is -1.84. The molecule has 0 atom stereocenters. The van der Waals surface area contributed by atoms with Gasteiger partial charge in [0.2, 0.25) is 0 Å². The molecule has 0 spiro atoms. The van der Waals surface area contributed by atoms with Crippen LogP contribution in [0.25, 0.3) is 0 Å². The van der Waals surface area contributed by atoms with Crippen molar-refractivity contribution in [3.05, 3.63) is 23.5 Å². The first kappa shape index (κ1) is 6.70. The second-order valence-corrected chi connectivity index (χ2v) is 1.50. The van der Waals surface area contributed by atoms with Crippen molar-refractivity contribution in [1.29, 1.82) is 0 Å². The highest BCUT2D eigenvalue weighted by Gasteiger charge is 1.90. The maximum atomic E-state index is 11.9. The first-order valence-corrected chi connectivity index (χ1v) is 2.23. The molecule has 0 aromatic heterocycles. The SMILES string of the molecule is C=C(Cl)C(F)=CC. The zero-order valence-corrected chi connectivity index (χ0v) is 4.80. The molecule has 0 saturated carbocycles. The van der Waals surface area contributed by atoms with Crippen molar-refractivity contribution < 1.29 is 4.39 Å². The zero-order chi connectivity index (χ0) is 5.86. The molecule has 0 radical (unpaired) electrons. The van der Waals surface area contributed by atoms with Crippen LogP contribution in [-0.2, 0) is 0 Å². The van der Waals surface area contributed by atoms with E-state index >= 15 is 0 Å². The zero-order valence-electron chi connectivity index (χ0n) is 4.04. The van der Waals surface area contributed by atoms with E-state index in [9.17, 15) is 4.39 Å². The molecule has 0 rings (SSSR count). The number of hydrogen-bond donors (Lipinski definition) is 0. The smallest absolute Gasteiger partial charge is 0.136 e. The Hall–Kier alpha value is -0.300. The van der Waals surface area contributed by atoms with Gasteiger partial charge in [-0.3, -0.25) is 0 Å². The Morgan fingerprint density at radius 3 is 2.29 bits per heavy atom. The van der Waals surface area contributed by atoms with E-state index in [1.165, 1.54) is 6.08 Å². The van der Waals surface area contributed by atoms with E-state index in [1.807, 2.05) is 0 Å². The fourth-order valence-corrected chi connectivity index (χ4v) is 0.266. The number of allylic oxidation sites excluding steroid dienone is 3. The molecule has 0 unspecified atom stereocenters. The number of halogens is 2. The van der Waals surface area contributed by atoms with Gasteiger partial charge in [-0.25, -0.2) is 4.39 Å². The Bertz CT molecular complexity index is 105. The van der Waals surface area contributed by atoms with Crippen LogP contribution in [0.15, 0.2) is 23.5 Å². The van der Waals surface area contributed by atoms with Gasteiger partial charge in [-0.1, -0.05) is 24.3 Å². The molecule has 40 valence electrons. The molecule has 0 aliphatic heterocycles. The van der Waals surface area contributed by atoms with E-state index in [0.717, 1.165) is 0 Å². The second kappa shape index (κ2) is 2.80. The van der Waals surface area contributed by atoms with E-state index in [1.54, 1.807) is 6.92 Å². The molecule has 0 heterocycles. The first-order valence-electron chi connectivity index (χ1n) is 1.85. The summed E-state index contributed by atoms with van der Waals surface area (Å²) in [5, 5.41) is -0.0394. The molecular weight excluding hydrogens is 115 g/mol. The third kappa shape index (κ3) is 2.40. The van der Waals surface area contributed by atoms with Crippen LogP contribution in [-0.4, -0.2) is 0 Å². The maximum Gasteiger partial charge on any atom is 0.136 e. The van der Waals surface area contributed by atoms with Crippen LogP contribution >= 0.6 is 11.6 Å². The Morgan fingerprint density at radius 1 is 1.86 bits per heavy atom. The second-order valence-electron chi connectivity index (χ2n) is 1.04. The van der Waals surface area contributed by atoms with Crippen molar-refractivity contribution in [2.45, 2.75) is 6.92 Å². The Kier molecular flexibility index (Phi) is 2.68. The van der Waals surface area contributed by atoms with Gasteiger partial charge in [-0.15, -0.1) is 0 Å². The maximum absolute atomic E-state index is 11.9. The minimum Gasteiger partial charge on any atom is -0.206 e. The van der Waals surface area contributed by atoms with Crippen LogP contribution in [0.4, 0.5) is 4.39 Å². The van der Waals surface area contributed by atoms with Crippen LogP contribution in [0.1, 0.15) is 6.92 Å². The van der Waals surface area contributed by atoms with E-state index < -0.39 is 5.83 Å². The summed E-state index contributed by atoms with van der Waals surface area (Å²) in [6.07, 6.45) is 1.26. The average molecular weight is 121 g/mol. The van der Waals surface area contributed by atoms with E-state index in [0.29, 0.717) is 0 Å². The molecule has 0 aromatic carbocycles. The molecule has 0 aromatic rings. The predicted octanol–water partition coefficient (Wildman–Crippen LogP) is 2.61. The lowest BCUT2D eigenvalue weighted by Crippen LogP contribution is -1.64. The molecule has 0 saturated heterocycles. The summed E-state index contributed by atoms with van der Waals surface area (Å²) in [7, 11) is 0. The molecular formula is C5H6ClF. The summed E-state index contributed by atoms with van der Waals surface area (Å²) in [6.45, 7) is 4.71. The van der Waals surface area contributed by atoms with E-state index in [-0.39, 0.29) is 5.03 Å². The normalized spacial score (nSPS) is 11.6. The third-order valence-electron chi connectivity index (χ3n) is 0.513. The van der Waals surface area contributed by atoms with Gasteiger partial charge < -0.3 is 0 Å². The van der Waals surface area contributed by atoms with Crippen molar-refractivity contribution in [1.82, 2.24) is 0 Å². The molecule has 0 N–H and O–H groups in total. The molecule has 0 bridgehead atoms. The Morgan fingerprint density at radius 2 is 2.29 bits per heavy atom. The van der Waals surface area contributed by atoms with Gasteiger partial charge >= 0.3 is 0 Å². The summed E-state index contributed by atoms with van der Waals surface area (Å²) in [5.41, 5.74) is 0. The minimum atomic E-state index is -0.457. The number of hydrogen-bond acceptors (Lipinski definition) is 0. The van der Waals surface area contributed by atoms with Gasteiger partial charge in [0.1, 0.15) is 5.83 Å². The van der Waals surface area contributed by atoms with Gasteiger partial charge in [0.15, 0.2) is 0 Å². The van der Waals surface area contributed by atoms with Crippen molar-refractivity contribution in [2.75, 3.05) is 0 Å². The summed E-state index contributed by atoms with van der Waals surface area (Å²) >= 11 is 5.09. The minimum absolute atomic E-state index is 0.0394. The summed E-state index contributed by atoms with van der Waals surface area (Å²) < 4.78 is 11.9. The monoisotopic (exact) mass is 120 g/mol. The molecule has 0 nitrogen and oxygen atoms in total. The van der Waals surface area contributed by atoms with Gasteiger partial charge in [0.05, 0.1) is 5.03 Å². The lowest BCUT2D eigenvalue weighted by molar-refractivity contribution is 0.661. The highest BCUT2D eigenvalue weighted by molar-refractivity contribution is 6.31. The molecule has 7 heavy (non-hydrogen) atoms. The summed E-state index contributed by atoms with van der Waals surface area (Å²) in [5.74, 6) is -0.457. The van der Waals surface area contributed by atoms with E-state index in [2.05, 4.69) is 6.58 Å². The van der Waals surface area contributed by atoms with Crippen molar-refractivity contribution in [2.24, 2.45) is 0 Å². The largest absolute Gasteiger partial charge is 0.206 e. The van der Waals surface area contributed by atoms with Crippen molar-refractivity contribution >= 4 is 11.6 Å². The average Bonchev–Trinajstić information content (AvgIpc) is 1.65. The molecule has 0 amide bonds. The van der Waals surface area contributed by atoms with Crippen molar-refractivity contribution in [3.8, 4) is 0 Å². The topological polar surface area (TPSA) is 0 Å². The third-order valence-corrected chi connectivity index (χ3v) is 0.693. The standard InChI is InChI=1S/C5H6ClF/c1-3-5(7)4(2)6/h3H,2H2,1H3. The molecule has 0 aliphatic rings. The van der Waals surface area contributed by atoms with E-state index in [4.69, 9.17) is 11.6 Å². The molecule has 0 aliphatic carbocycles. The van der Waals surface area contributed by atoms with Crippen LogP contribution in [0.3, 0.4) is 0 Å². The Balaban J connectivity index is 3.82. The Labute approximate surface area is 47.3 Å². The van der Waals surface area contributed by atoms with Crippen molar-refractivity contribution in [3.63, 3.8) is 0 Å². The fourth-order valence-electron chi connectivity index (χ4n) is 0.157. The van der Waals surface area contributed by atoms with Gasteiger partial charge in [0, 0.05) is 0 Å². The predicted molar refractivity (Wildman–Crippen MR) is 29.9 cm³/mol. The summed E-state index contributed by atoms with van der Waals surface area (Å²) in [6, 6.07) is 0. The van der Waals surface area contributed by atoms with Gasteiger partial charge in [-0.2, -0.15) is 0 Å². The first-order chi connectivity index (χ1) is 3.18. The number of rotatable bonds is 1.